The maximum Gasteiger partial charge on any atom is 0.147 e. The maximum absolute atomic E-state index is 9.04. The molecule has 0 bridgehead atoms. The van der Waals surface area contributed by atoms with Crippen molar-refractivity contribution < 1.29 is 5.11 Å². The molecule has 1 saturated carbocycles. The summed E-state index contributed by atoms with van der Waals surface area (Å²) in [4.78, 5) is 6.64. The van der Waals surface area contributed by atoms with Gasteiger partial charge >= 0.3 is 0 Å². The fourth-order valence-corrected chi connectivity index (χ4v) is 2.19. The lowest BCUT2D eigenvalue weighted by atomic mass is 10.2. The number of nitrogens with zero attached hydrogens (tertiary/aromatic N) is 2. The van der Waals surface area contributed by atoms with Gasteiger partial charge in [0.15, 0.2) is 0 Å². The van der Waals surface area contributed by atoms with Crippen molar-refractivity contribution in [1.29, 1.82) is 0 Å². The summed E-state index contributed by atoms with van der Waals surface area (Å²) in [6.07, 6.45) is 4.33. The Balaban J connectivity index is 2.21. The zero-order chi connectivity index (χ0) is 12.4. The van der Waals surface area contributed by atoms with Gasteiger partial charge in [0.25, 0.3) is 0 Å². The number of aromatic nitrogens is 1. The van der Waals surface area contributed by atoms with Crippen LogP contribution in [0.2, 0.25) is 5.02 Å². The summed E-state index contributed by atoms with van der Waals surface area (Å²) in [5, 5.41) is 9.67. The first-order valence-electron chi connectivity index (χ1n) is 6.13. The summed E-state index contributed by atoms with van der Waals surface area (Å²) in [5.74, 6) is 1.64. The maximum atomic E-state index is 9.04. The Bertz CT molecular complexity index is 391. The summed E-state index contributed by atoms with van der Waals surface area (Å²) in [6, 6.07) is 2.19. The SMILES string of the molecule is CC(C)N(CC1CC1)c1ncc(CO)cc1Cl. The minimum Gasteiger partial charge on any atom is -0.392 e. The molecule has 17 heavy (non-hydrogen) atoms. The average molecular weight is 255 g/mol. The van der Waals surface area contributed by atoms with Crippen LogP contribution in [0.15, 0.2) is 12.3 Å². The molecule has 0 atom stereocenters. The predicted molar refractivity (Wildman–Crippen MR) is 70.4 cm³/mol. The number of hydrogen-bond acceptors (Lipinski definition) is 3. The molecule has 1 aromatic rings. The first kappa shape index (κ1) is 12.7. The molecule has 1 fully saturated rings. The van der Waals surface area contributed by atoms with Crippen LogP contribution in [0.25, 0.3) is 0 Å². The third-order valence-electron chi connectivity index (χ3n) is 3.11. The summed E-state index contributed by atoms with van der Waals surface area (Å²) in [6.45, 7) is 5.32. The van der Waals surface area contributed by atoms with E-state index in [2.05, 4.69) is 23.7 Å². The van der Waals surface area contributed by atoms with E-state index in [1.165, 1.54) is 12.8 Å². The molecule has 1 aliphatic carbocycles. The van der Waals surface area contributed by atoms with Crippen LogP contribution in [0.5, 0.6) is 0 Å². The smallest absolute Gasteiger partial charge is 0.147 e. The first-order valence-corrected chi connectivity index (χ1v) is 6.51. The van der Waals surface area contributed by atoms with Gasteiger partial charge in [-0.1, -0.05) is 11.6 Å². The van der Waals surface area contributed by atoms with Gasteiger partial charge in [0.1, 0.15) is 5.82 Å². The topological polar surface area (TPSA) is 36.4 Å². The number of hydrogen-bond donors (Lipinski definition) is 1. The fraction of sp³-hybridized carbons (Fsp3) is 0.615. The number of pyridine rings is 1. The molecule has 1 aromatic heterocycles. The van der Waals surface area contributed by atoms with Gasteiger partial charge in [0.05, 0.1) is 11.6 Å². The molecule has 2 rings (SSSR count). The van der Waals surface area contributed by atoms with Crippen LogP contribution in [0.1, 0.15) is 32.3 Å². The zero-order valence-electron chi connectivity index (χ0n) is 10.4. The Morgan fingerprint density at radius 2 is 2.24 bits per heavy atom. The molecule has 0 amide bonds. The van der Waals surface area contributed by atoms with Crippen LogP contribution in [-0.4, -0.2) is 22.7 Å². The molecule has 1 heterocycles. The standard InChI is InChI=1S/C13H19ClN2O/c1-9(2)16(7-10-3-4-10)13-12(14)5-11(8-17)6-15-13/h5-6,9-10,17H,3-4,7-8H2,1-2H3. The van der Waals surface area contributed by atoms with E-state index in [1.807, 2.05) is 0 Å². The third-order valence-corrected chi connectivity index (χ3v) is 3.39. The highest BCUT2D eigenvalue weighted by molar-refractivity contribution is 6.33. The second-order valence-corrected chi connectivity index (χ2v) is 5.40. The summed E-state index contributed by atoms with van der Waals surface area (Å²) >= 11 is 6.24. The van der Waals surface area contributed by atoms with Crippen molar-refractivity contribution in [2.75, 3.05) is 11.4 Å². The molecule has 0 unspecified atom stereocenters. The van der Waals surface area contributed by atoms with Gasteiger partial charge in [-0.05, 0) is 44.2 Å². The molecule has 1 aliphatic rings. The van der Waals surface area contributed by atoms with E-state index >= 15 is 0 Å². The largest absolute Gasteiger partial charge is 0.392 e. The van der Waals surface area contributed by atoms with E-state index in [1.54, 1.807) is 12.3 Å². The lowest BCUT2D eigenvalue weighted by Gasteiger charge is -2.28. The highest BCUT2D eigenvalue weighted by atomic mass is 35.5. The van der Waals surface area contributed by atoms with Gasteiger partial charge in [-0.3, -0.25) is 0 Å². The normalized spacial score (nSPS) is 15.4. The van der Waals surface area contributed by atoms with Gasteiger partial charge in [-0.2, -0.15) is 0 Å². The van der Waals surface area contributed by atoms with Gasteiger partial charge in [0, 0.05) is 18.8 Å². The zero-order valence-corrected chi connectivity index (χ0v) is 11.1. The molecule has 0 saturated heterocycles. The minimum atomic E-state index is -0.0166. The molecule has 1 N–H and O–H groups in total. The molecule has 0 aromatic carbocycles. The molecule has 0 spiro atoms. The van der Waals surface area contributed by atoms with Gasteiger partial charge < -0.3 is 10.0 Å². The highest BCUT2D eigenvalue weighted by Crippen LogP contribution is 2.34. The lowest BCUT2D eigenvalue weighted by Crippen LogP contribution is -2.33. The molecule has 4 heteroatoms. The first-order chi connectivity index (χ1) is 8.11. The van der Waals surface area contributed by atoms with E-state index in [4.69, 9.17) is 16.7 Å². The number of rotatable bonds is 5. The molecular weight excluding hydrogens is 236 g/mol. The number of aliphatic hydroxyl groups excluding tert-OH is 1. The number of aliphatic hydroxyl groups is 1. The van der Waals surface area contributed by atoms with Crippen LogP contribution < -0.4 is 4.90 Å². The van der Waals surface area contributed by atoms with Crippen molar-refractivity contribution in [1.82, 2.24) is 4.98 Å². The van der Waals surface area contributed by atoms with E-state index in [-0.39, 0.29) is 6.61 Å². The van der Waals surface area contributed by atoms with Gasteiger partial charge in [-0.25, -0.2) is 4.98 Å². The van der Waals surface area contributed by atoms with Crippen molar-refractivity contribution in [2.24, 2.45) is 5.92 Å². The lowest BCUT2D eigenvalue weighted by molar-refractivity contribution is 0.281. The monoisotopic (exact) mass is 254 g/mol. The van der Waals surface area contributed by atoms with Crippen LogP contribution >= 0.6 is 11.6 Å². The Morgan fingerprint density at radius 3 is 2.71 bits per heavy atom. The van der Waals surface area contributed by atoms with Crippen LogP contribution in [0.3, 0.4) is 0 Å². The second-order valence-electron chi connectivity index (χ2n) is 5.00. The Hall–Kier alpha value is -0.800. The van der Waals surface area contributed by atoms with Crippen molar-refractivity contribution >= 4 is 17.4 Å². The molecule has 3 nitrogen and oxygen atoms in total. The minimum absolute atomic E-state index is 0.0166. The van der Waals surface area contributed by atoms with Gasteiger partial charge in [-0.15, -0.1) is 0 Å². The Morgan fingerprint density at radius 1 is 1.53 bits per heavy atom. The van der Waals surface area contributed by atoms with Gasteiger partial charge in [0.2, 0.25) is 0 Å². The molecule has 0 radical (unpaired) electrons. The summed E-state index contributed by atoms with van der Waals surface area (Å²) in [5.41, 5.74) is 0.758. The summed E-state index contributed by atoms with van der Waals surface area (Å²) < 4.78 is 0. The summed E-state index contributed by atoms with van der Waals surface area (Å²) in [7, 11) is 0. The fourth-order valence-electron chi connectivity index (χ4n) is 1.89. The third kappa shape index (κ3) is 3.11. The van der Waals surface area contributed by atoms with Crippen molar-refractivity contribution in [3.05, 3.63) is 22.8 Å². The average Bonchev–Trinajstić information content (AvgIpc) is 3.10. The highest BCUT2D eigenvalue weighted by Gasteiger charge is 2.27. The van der Waals surface area contributed by atoms with Crippen LogP contribution in [-0.2, 0) is 6.61 Å². The van der Waals surface area contributed by atoms with E-state index in [0.717, 1.165) is 23.8 Å². The van der Waals surface area contributed by atoms with Crippen LogP contribution in [0, 0.1) is 5.92 Å². The Labute approximate surface area is 107 Å². The molecule has 0 aliphatic heterocycles. The van der Waals surface area contributed by atoms with Crippen molar-refractivity contribution in [3.8, 4) is 0 Å². The van der Waals surface area contributed by atoms with Crippen LogP contribution in [0.4, 0.5) is 5.82 Å². The number of anilines is 1. The van der Waals surface area contributed by atoms with Crippen molar-refractivity contribution in [2.45, 2.75) is 39.3 Å². The quantitative estimate of drug-likeness (QED) is 0.878. The Kier molecular flexibility index (Phi) is 3.89. The second kappa shape index (κ2) is 5.23. The molecule has 94 valence electrons. The van der Waals surface area contributed by atoms with E-state index in [9.17, 15) is 0 Å². The van der Waals surface area contributed by atoms with E-state index in [0.29, 0.717) is 11.1 Å². The predicted octanol–water partition coefficient (Wildman–Crippen LogP) is 2.85. The number of halogens is 1. The van der Waals surface area contributed by atoms with Crippen molar-refractivity contribution in [3.63, 3.8) is 0 Å². The molecular formula is C13H19ClN2O. The van der Waals surface area contributed by atoms with E-state index < -0.39 is 0 Å².